The van der Waals surface area contributed by atoms with E-state index < -0.39 is 11.4 Å². The Hall–Kier alpha value is -5.41. The van der Waals surface area contributed by atoms with Crippen LogP contribution in [0, 0.1) is 0 Å². The van der Waals surface area contributed by atoms with E-state index in [9.17, 15) is 9.90 Å². The van der Waals surface area contributed by atoms with Gasteiger partial charge < -0.3 is 44.7 Å². The lowest BCUT2D eigenvalue weighted by Crippen LogP contribution is -2.10. The Balaban J connectivity index is 0.000000134. The number of carbonyl (C=O) groups excluding carboxylic acids is 1. The summed E-state index contributed by atoms with van der Waals surface area (Å²) in [5.41, 5.74) is 5.31. The van der Waals surface area contributed by atoms with Gasteiger partial charge in [-0.25, -0.2) is 30.1 Å². The number of aromatic hydroxyl groups is 1. The van der Waals surface area contributed by atoms with Crippen molar-refractivity contribution < 1.29 is 33.6 Å². The minimum Gasteiger partial charge on any atom is -0.508 e. The van der Waals surface area contributed by atoms with Crippen LogP contribution in [0.25, 0.3) is 0 Å². The molecule has 0 atom stereocenters. The maximum absolute atomic E-state index is 12.0. The van der Waals surface area contributed by atoms with Gasteiger partial charge in [0.15, 0.2) is 17.2 Å². The van der Waals surface area contributed by atoms with E-state index in [1.54, 1.807) is 50.6 Å². The Labute approximate surface area is 335 Å². The smallest absolute Gasteiger partial charge is 0.508 e. The van der Waals surface area contributed by atoms with Gasteiger partial charge in [-0.2, -0.15) is 0 Å². The van der Waals surface area contributed by atoms with Crippen LogP contribution < -0.4 is 39.6 Å². The molecule has 9 rings (SSSR count). The fraction of sp³-hybridized carbons (Fsp3) is 0.0976. The van der Waals surface area contributed by atoms with Crippen LogP contribution in [-0.2, 0) is 13.1 Å². The predicted octanol–water partition coefficient (Wildman–Crippen LogP) is 11.3. The molecule has 0 radical (unpaired) electrons. The van der Waals surface area contributed by atoms with Crippen molar-refractivity contribution in [2.24, 2.45) is 0 Å². The van der Waals surface area contributed by atoms with E-state index in [0.29, 0.717) is 40.8 Å². The lowest BCUT2D eigenvalue weighted by Gasteiger charge is -2.08. The van der Waals surface area contributed by atoms with E-state index >= 15 is 0 Å². The normalized spacial score (nSPS) is 12.2. The van der Waals surface area contributed by atoms with Crippen LogP contribution in [0.2, 0.25) is 0 Å². The molecule has 3 heterocycles. The van der Waals surface area contributed by atoms with Crippen LogP contribution in [0.1, 0.15) is 21.5 Å². The summed E-state index contributed by atoms with van der Waals surface area (Å²) in [4.78, 5) is 12.0. The number of ether oxygens (including phenoxy) is 5. The Morgan fingerprint density at radius 2 is 1.00 bits per heavy atom. The molecule has 6 aromatic rings. The molecule has 0 fully saturated rings. The van der Waals surface area contributed by atoms with Crippen molar-refractivity contribution in [2.75, 3.05) is 30.2 Å². The van der Waals surface area contributed by atoms with Gasteiger partial charge in [0.2, 0.25) is 0 Å². The number of benzene rings is 6. The fourth-order valence-corrected chi connectivity index (χ4v) is 5.58. The summed E-state index contributed by atoms with van der Waals surface area (Å²) in [6, 6.07) is 39.2. The first kappa shape index (κ1) is 39.3. The predicted molar refractivity (Wildman–Crippen MR) is 220 cm³/mol. The number of carbonyl (C=O) groups is 1. The van der Waals surface area contributed by atoms with E-state index in [-0.39, 0.29) is 11.7 Å². The summed E-state index contributed by atoms with van der Waals surface area (Å²) in [6.45, 7) is 1.46. The first-order valence-corrected chi connectivity index (χ1v) is 22.1. The molecule has 0 unspecified atom stereocenters. The minimum atomic E-state index is -1.72. The van der Waals surface area contributed by atoms with Gasteiger partial charge in [0.05, 0.1) is 36.8 Å². The van der Waals surface area contributed by atoms with Crippen LogP contribution in [0.5, 0.6) is 51.7 Å². The van der Waals surface area contributed by atoms with Crippen LogP contribution in [0.15, 0.2) is 127 Å². The summed E-state index contributed by atoms with van der Waals surface area (Å²) < 4.78 is 27.8. The Kier molecular flexibility index (Phi) is 13.4. The average Bonchev–Trinajstić information content (AvgIpc) is 3.56. The highest BCUT2D eigenvalue weighted by Crippen LogP contribution is 2.39. The van der Waals surface area contributed by atoms with Crippen molar-refractivity contribution >= 4 is 64.5 Å². The van der Waals surface area contributed by atoms with Gasteiger partial charge in [0.1, 0.15) is 34.5 Å². The van der Waals surface area contributed by atoms with Crippen LogP contribution >= 0.6 is 30.1 Å². The van der Waals surface area contributed by atoms with Gasteiger partial charge in [-0.3, -0.25) is 4.79 Å². The maximum atomic E-state index is 12.0. The van der Waals surface area contributed by atoms with Crippen molar-refractivity contribution in [3.8, 4) is 51.7 Å². The second kappa shape index (κ2) is 18.8. The lowest BCUT2D eigenvalue weighted by molar-refractivity contribution is 0.102. The van der Waals surface area contributed by atoms with Crippen molar-refractivity contribution in [2.45, 2.75) is 13.1 Å². The molecule has 6 aromatic carbocycles. The highest BCUT2D eigenvalue weighted by atomic mass is 35.8. The van der Waals surface area contributed by atoms with Crippen molar-refractivity contribution in [3.63, 3.8) is 0 Å². The van der Waals surface area contributed by atoms with Gasteiger partial charge in [0.25, 0.3) is 5.91 Å². The first-order valence-electron chi connectivity index (χ1n) is 16.9. The number of nitrogens with one attached hydrogen (secondary N) is 3. The fourth-order valence-electron chi connectivity index (χ4n) is 5.58. The van der Waals surface area contributed by atoms with E-state index in [2.05, 4.69) is 16.0 Å². The Morgan fingerprint density at radius 3 is 1.56 bits per heavy atom. The molecule has 0 saturated carbocycles. The first-order chi connectivity index (χ1) is 26.7. The zero-order valence-corrected chi connectivity index (χ0v) is 33.1. The standard InChI is InChI=1S/C14H11NO3.C14H13NO2.C13H11NO2.Al.3ClH/c1-17-9-6-7-10-13(8-9)18-12-5-3-2-4-11(12)15-14(10)16;1-16-11-7-6-10-9-15-12-4-2-3-5-13(12)17-14(10)8-11;15-10-6-5-9-8-14-11-3-1-2-4-12(11)16-13(9)7-10;;;;/h2-8H,1H3,(H,15,16);2-8,15H,9H2,1H3;1-7,14-15H,8H2;;3*1H/q;;;+3;;;/p-3. The SMILES string of the molecule is COc1ccc2c(c1)Oc1ccccc1NC2.COc1ccc2c(c1)Oc1ccccc1NC2=O.Oc1ccc2c(c1)Oc1ccccc1NC2.[Cl][Al]([Cl])[Cl]. The van der Waals surface area contributed by atoms with Gasteiger partial charge in [-0.05, 0) is 72.8 Å². The summed E-state index contributed by atoms with van der Waals surface area (Å²) in [5.74, 6) is 5.81. The molecule has 3 aliphatic heterocycles. The Morgan fingerprint density at radius 1 is 0.564 bits per heavy atom. The molecule has 0 aliphatic carbocycles. The third kappa shape index (κ3) is 10.4. The zero-order chi connectivity index (χ0) is 38.7. The zero-order valence-electron chi connectivity index (χ0n) is 29.6. The second-order valence-corrected chi connectivity index (χ2v) is 18.3. The third-order valence-electron chi connectivity index (χ3n) is 8.27. The van der Waals surface area contributed by atoms with Crippen LogP contribution in [0.4, 0.5) is 17.1 Å². The number of halogens is 3. The van der Waals surface area contributed by atoms with Gasteiger partial charge in [0, 0.05) is 42.4 Å². The summed E-state index contributed by atoms with van der Waals surface area (Å²) in [5, 5.41) is 18.9. The van der Waals surface area contributed by atoms with Gasteiger partial charge >= 0.3 is 11.4 Å². The van der Waals surface area contributed by atoms with Crippen LogP contribution in [0.3, 0.4) is 0 Å². The largest absolute Gasteiger partial charge is 0.643 e. The second-order valence-electron chi connectivity index (χ2n) is 11.8. The number of phenolic OH excluding ortho intramolecular Hbond substituents is 1. The molecule has 4 N–H and O–H groups in total. The third-order valence-corrected chi connectivity index (χ3v) is 8.27. The summed E-state index contributed by atoms with van der Waals surface area (Å²) in [7, 11) is 18.1. The molecule has 1 amide bonds. The maximum Gasteiger partial charge on any atom is 0.643 e. The summed E-state index contributed by atoms with van der Waals surface area (Å²) in [6.07, 6.45) is 0. The monoisotopic (exact) mass is 813 g/mol. The highest BCUT2D eigenvalue weighted by Gasteiger charge is 2.21. The molecule has 0 aromatic heterocycles. The number of fused-ring (bicyclic) bond motifs is 6. The number of para-hydroxylation sites is 6. The van der Waals surface area contributed by atoms with Crippen molar-refractivity contribution in [1.29, 1.82) is 0 Å². The molecule has 0 saturated heterocycles. The van der Waals surface area contributed by atoms with E-state index in [1.807, 2.05) is 91.0 Å². The number of rotatable bonds is 2. The molecule has 3 aliphatic rings. The van der Waals surface area contributed by atoms with E-state index in [0.717, 1.165) is 52.0 Å². The van der Waals surface area contributed by atoms with Crippen LogP contribution in [-0.4, -0.2) is 36.6 Å². The van der Waals surface area contributed by atoms with E-state index in [4.69, 9.17) is 53.8 Å². The quantitative estimate of drug-likeness (QED) is 0.127. The van der Waals surface area contributed by atoms with E-state index in [1.165, 1.54) is 0 Å². The molecule has 55 heavy (non-hydrogen) atoms. The number of anilines is 3. The molecule has 0 bridgehead atoms. The van der Waals surface area contributed by atoms with Crippen molar-refractivity contribution in [3.05, 3.63) is 144 Å². The molecule has 0 spiro atoms. The molecule has 280 valence electrons. The number of phenols is 1. The number of hydrogen-bond donors (Lipinski definition) is 4. The molecular weight excluding hydrogens is 780 g/mol. The highest BCUT2D eigenvalue weighted by molar-refractivity contribution is 7.54. The molecular formula is C41H35AlCl3N3O7. The van der Waals surface area contributed by atoms with Gasteiger partial charge in [-0.1, -0.05) is 36.4 Å². The van der Waals surface area contributed by atoms with Gasteiger partial charge in [-0.15, -0.1) is 0 Å². The summed E-state index contributed by atoms with van der Waals surface area (Å²) >= 11 is -1.72. The van der Waals surface area contributed by atoms with Crippen molar-refractivity contribution in [1.82, 2.24) is 0 Å². The lowest BCUT2D eigenvalue weighted by atomic mass is 10.2. The Bertz CT molecular complexity index is 2280. The average molecular weight is 815 g/mol. The molecule has 10 nitrogen and oxygen atoms in total. The topological polar surface area (TPSA) is 120 Å². The number of amides is 1. The number of hydrogen-bond acceptors (Lipinski definition) is 9. The minimum absolute atomic E-state index is 0.183. The number of methoxy groups -OCH3 is 2. The molecule has 14 heteroatoms.